The lowest BCUT2D eigenvalue weighted by molar-refractivity contribution is 0.103. The Balaban J connectivity index is 1.75. The maximum Gasteiger partial charge on any atom is 0.0687 e. The summed E-state index contributed by atoms with van der Waals surface area (Å²) in [7, 11) is 0. The van der Waals surface area contributed by atoms with Crippen LogP contribution in [-0.2, 0) is 6.54 Å². The molecule has 0 aliphatic carbocycles. The molecule has 156 valence electrons. The largest absolute Gasteiger partial charge is 0.395 e. The second-order valence-electron chi connectivity index (χ2n) is 7.33. The van der Waals surface area contributed by atoms with E-state index >= 15 is 0 Å². The highest BCUT2D eigenvalue weighted by molar-refractivity contribution is 6.32. The summed E-state index contributed by atoms with van der Waals surface area (Å²) in [6.45, 7) is 4.11. The van der Waals surface area contributed by atoms with Gasteiger partial charge in [0.05, 0.1) is 24.4 Å². The van der Waals surface area contributed by atoms with Crippen molar-refractivity contribution in [1.29, 1.82) is 0 Å². The Morgan fingerprint density at radius 3 is 2.53 bits per heavy atom. The summed E-state index contributed by atoms with van der Waals surface area (Å²) in [6, 6.07) is 17.8. The van der Waals surface area contributed by atoms with Gasteiger partial charge >= 0.3 is 0 Å². The minimum Gasteiger partial charge on any atom is -0.395 e. The van der Waals surface area contributed by atoms with Gasteiger partial charge < -0.3 is 15.5 Å². The summed E-state index contributed by atoms with van der Waals surface area (Å²) >= 11 is 6.48. The molecule has 2 atom stereocenters. The Bertz CT molecular complexity index is 1000. The third-order valence-electron chi connectivity index (χ3n) is 5.16. The fraction of sp³-hybridized carbons (Fsp3) is 0.240. The van der Waals surface area contributed by atoms with Gasteiger partial charge in [-0.25, -0.2) is 0 Å². The van der Waals surface area contributed by atoms with Crippen molar-refractivity contribution < 1.29 is 10.2 Å². The normalized spacial score (nSPS) is 13.5. The van der Waals surface area contributed by atoms with Crippen LogP contribution in [-0.4, -0.2) is 33.9 Å². The summed E-state index contributed by atoms with van der Waals surface area (Å²) in [6.07, 6.45) is 5.15. The third kappa shape index (κ3) is 5.55. The average Bonchev–Trinajstić information content (AvgIpc) is 2.75. The number of hydrogen-bond donors (Lipinski definition) is 3. The molecule has 5 heteroatoms. The number of nitrogens with one attached hydrogen (secondary N) is 1. The van der Waals surface area contributed by atoms with Crippen molar-refractivity contribution in [1.82, 2.24) is 10.3 Å². The molecular weight excluding hydrogens is 396 g/mol. The molecule has 30 heavy (non-hydrogen) atoms. The van der Waals surface area contributed by atoms with E-state index in [2.05, 4.69) is 29.4 Å². The van der Waals surface area contributed by atoms with E-state index in [9.17, 15) is 10.2 Å². The number of halogens is 1. The minimum absolute atomic E-state index is 0.124. The Labute approximate surface area is 182 Å². The number of benzene rings is 2. The number of rotatable bonds is 8. The Kier molecular flexibility index (Phi) is 7.77. The Morgan fingerprint density at radius 1 is 1.10 bits per heavy atom. The van der Waals surface area contributed by atoms with Gasteiger partial charge in [0, 0.05) is 17.8 Å². The summed E-state index contributed by atoms with van der Waals surface area (Å²) in [4.78, 5) is 4.51. The van der Waals surface area contributed by atoms with E-state index in [1.807, 2.05) is 60.8 Å². The van der Waals surface area contributed by atoms with Crippen LogP contribution >= 0.6 is 11.6 Å². The van der Waals surface area contributed by atoms with Crippen molar-refractivity contribution in [2.75, 3.05) is 6.61 Å². The highest BCUT2D eigenvalue weighted by atomic mass is 35.5. The summed E-state index contributed by atoms with van der Waals surface area (Å²) < 4.78 is 0. The van der Waals surface area contributed by atoms with Gasteiger partial charge in [-0.05, 0) is 59.9 Å². The molecule has 4 nitrogen and oxygen atoms in total. The van der Waals surface area contributed by atoms with Gasteiger partial charge in [0.1, 0.15) is 0 Å². The second kappa shape index (κ2) is 10.5. The highest BCUT2D eigenvalue weighted by Crippen LogP contribution is 2.26. The van der Waals surface area contributed by atoms with Crippen LogP contribution in [0.4, 0.5) is 0 Å². The zero-order valence-corrected chi connectivity index (χ0v) is 18.0. The molecule has 0 spiro atoms. The second-order valence-corrected chi connectivity index (χ2v) is 7.74. The van der Waals surface area contributed by atoms with Gasteiger partial charge in [-0.15, -0.1) is 0 Å². The molecule has 1 heterocycles. The average molecular weight is 423 g/mol. The van der Waals surface area contributed by atoms with Crippen LogP contribution in [0.15, 0.2) is 60.8 Å². The molecule has 0 bridgehead atoms. The molecule has 0 radical (unpaired) electrons. The summed E-state index contributed by atoms with van der Waals surface area (Å²) in [5, 5.41) is 22.7. The van der Waals surface area contributed by atoms with Crippen LogP contribution in [0.3, 0.4) is 0 Å². The number of nitrogens with zero attached hydrogens (tertiary/aromatic N) is 1. The van der Waals surface area contributed by atoms with Gasteiger partial charge in [0.25, 0.3) is 0 Å². The summed E-state index contributed by atoms with van der Waals surface area (Å²) in [5.74, 6) is 0. The Morgan fingerprint density at radius 2 is 1.87 bits per heavy atom. The zero-order valence-electron chi connectivity index (χ0n) is 17.2. The van der Waals surface area contributed by atoms with Gasteiger partial charge in [-0.2, -0.15) is 0 Å². The van der Waals surface area contributed by atoms with Crippen molar-refractivity contribution in [2.24, 2.45) is 0 Å². The molecule has 0 unspecified atom stereocenters. The first-order chi connectivity index (χ1) is 14.5. The highest BCUT2D eigenvalue weighted by Gasteiger charge is 2.13. The molecule has 1 aromatic heterocycles. The maximum absolute atomic E-state index is 9.62. The molecule has 0 aliphatic rings. The molecule has 3 rings (SSSR count). The first-order valence-electron chi connectivity index (χ1n) is 9.99. The van der Waals surface area contributed by atoms with E-state index in [0.717, 1.165) is 27.9 Å². The van der Waals surface area contributed by atoms with Crippen LogP contribution in [0.25, 0.3) is 23.3 Å². The van der Waals surface area contributed by atoms with Gasteiger partial charge in [-0.1, -0.05) is 60.1 Å². The molecule has 0 aliphatic heterocycles. The minimum atomic E-state index is -0.630. The molecule has 0 saturated heterocycles. The molecule has 0 saturated carbocycles. The summed E-state index contributed by atoms with van der Waals surface area (Å²) in [5.41, 5.74) is 6.23. The first-order valence-corrected chi connectivity index (χ1v) is 10.4. The van der Waals surface area contributed by atoms with Gasteiger partial charge in [-0.3, -0.25) is 4.98 Å². The lowest BCUT2D eigenvalue weighted by Gasteiger charge is -2.19. The van der Waals surface area contributed by atoms with Crippen LogP contribution < -0.4 is 5.32 Å². The monoisotopic (exact) mass is 422 g/mol. The van der Waals surface area contributed by atoms with Gasteiger partial charge in [0.15, 0.2) is 0 Å². The van der Waals surface area contributed by atoms with Crippen molar-refractivity contribution in [3.8, 4) is 11.1 Å². The van der Waals surface area contributed by atoms with Crippen LogP contribution in [0.1, 0.15) is 29.3 Å². The number of hydrogen-bond acceptors (Lipinski definition) is 4. The van der Waals surface area contributed by atoms with Crippen molar-refractivity contribution in [2.45, 2.75) is 32.5 Å². The Hall–Kier alpha value is -2.50. The molecular formula is C25H27ClN2O2. The lowest BCUT2D eigenvalue weighted by atomic mass is 10.00. The SMILES string of the molecule is Cc1c(-c2ccccc2)ccnc1/C=C/c1ccc(CN[C@H](CO)[C@@H](C)O)cc1Cl. The molecule has 0 fully saturated rings. The fourth-order valence-corrected chi connectivity index (χ4v) is 3.54. The molecule has 0 amide bonds. The number of aliphatic hydroxyl groups excluding tert-OH is 2. The lowest BCUT2D eigenvalue weighted by Crippen LogP contribution is -2.40. The third-order valence-corrected chi connectivity index (χ3v) is 5.49. The number of pyridine rings is 1. The van der Waals surface area contributed by atoms with E-state index in [1.54, 1.807) is 6.92 Å². The number of aromatic nitrogens is 1. The van der Waals surface area contributed by atoms with E-state index in [-0.39, 0.29) is 12.6 Å². The van der Waals surface area contributed by atoms with Crippen LogP contribution in [0, 0.1) is 6.92 Å². The molecule has 2 aromatic carbocycles. The van der Waals surface area contributed by atoms with Crippen molar-refractivity contribution in [3.05, 3.63) is 88.2 Å². The van der Waals surface area contributed by atoms with E-state index < -0.39 is 6.10 Å². The zero-order chi connectivity index (χ0) is 21.5. The standard InChI is InChI=1S/C25H27ClN2O2/c1-17-22(20-6-4-3-5-7-20)12-13-27-24(17)11-10-21-9-8-19(14-23(21)26)15-28-25(16-29)18(2)30/h3-14,18,25,28-30H,15-16H2,1-2H3/b11-10+/t18-,25-/m1/s1. The van der Waals surface area contributed by atoms with Crippen LogP contribution in [0.2, 0.25) is 5.02 Å². The van der Waals surface area contributed by atoms with Crippen molar-refractivity contribution in [3.63, 3.8) is 0 Å². The topological polar surface area (TPSA) is 65.4 Å². The van der Waals surface area contributed by atoms with E-state index in [4.69, 9.17) is 11.6 Å². The predicted octanol–water partition coefficient (Wildman–Crippen LogP) is 4.71. The number of aliphatic hydroxyl groups is 2. The molecule has 3 N–H and O–H groups in total. The van der Waals surface area contributed by atoms with E-state index in [0.29, 0.717) is 11.6 Å². The smallest absolute Gasteiger partial charge is 0.0687 e. The molecule has 3 aromatic rings. The van der Waals surface area contributed by atoms with E-state index in [1.165, 1.54) is 5.56 Å². The first kappa shape index (κ1) is 22.2. The maximum atomic E-state index is 9.62. The predicted molar refractivity (Wildman–Crippen MR) is 124 cm³/mol. The quantitative estimate of drug-likeness (QED) is 0.491. The fourth-order valence-electron chi connectivity index (χ4n) is 3.27. The van der Waals surface area contributed by atoms with Gasteiger partial charge in [0.2, 0.25) is 0 Å². The van der Waals surface area contributed by atoms with Crippen LogP contribution in [0.5, 0.6) is 0 Å². The van der Waals surface area contributed by atoms with Crippen molar-refractivity contribution >= 4 is 23.8 Å².